The Bertz CT molecular complexity index is 872. The lowest BCUT2D eigenvalue weighted by molar-refractivity contribution is -0.125. The van der Waals surface area contributed by atoms with Crippen LogP contribution in [-0.2, 0) is 18.9 Å². The van der Waals surface area contributed by atoms with Crippen LogP contribution in [0.25, 0.3) is 11.2 Å². The molecule has 1 N–H and O–H groups in total. The van der Waals surface area contributed by atoms with Gasteiger partial charge in [0.2, 0.25) is 5.91 Å². The molecule has 0 aliphatic heterocycles. The second kappa shape index (κ2) is 5.68. The molecule has 8 heteroatoms. The van der Waals surface area contributed by atoms with Crippen LogP contribution in [0.15, 0.2) is 15.9 Å². The summed E-state index contributed by atoms with van der Waals surface area (Å²) in [5.74, 6) is -0.202. The second-order valence-corrected chi connectivity index (χ2v) is 6.43. The highest BCUT2D eigenvalue weighted by Gasteiger charge is 2.25. The monoisotopic (exact) mass is 321 g/mol. The summed E-state index contributed by atoms with van der Waals surface area (Å²) < 4.78 is 3.83. The van der Waals surface area contributed by atoms with Crippen molar-refractivity contribution >= 4 is 17.1 Å². The van der Waals surface area contributed by atoms with Gasteiger partial charge in [-0.2, -0.15) is 0 Å². The summed E-state index contributed by atoms with van der Waals surface area (Å²) in [5, 5.41) is 2.95. The van der Waals surface area contributed by atoms with Gasteiger partial charge >= 0.3 is 5.69 Å². The molecule has 0 saturated heterocycles. The molecule has 0 fully saturated rings. The zero-order valence-electron chi connectivity index (χ0n) is 14.4. The number of carbonyl (C=O) groups excluding carboxylic acids is 1. The molecule has 0 aromatic carbocycles. The molecule has 23 heavy (non-hydrogen) atoms. The zero-order chi connectivity index (χ0) is 17.5. The van der Waals surface area contributed by atoms with E-state index < -0.39 is 17.3 Å². The third-order valence-electron chi connectivity index (χ3n) is 4.32. The van der Waals surface area contributed by atoms with Crippen LogP contribution in [0.1, 0.15) is 40.2 Å². The van der Waals surface area contributed by atoms with Crippen molar-refractivity contribution in [1.82, 2.24) is 24.0 Å². The number of hydrogen-bond donors (Lipinski definition) is 1. The molecule has 2 rings (SSSR count). The first-order chi connectivity index (χ1) is 10.6. The maximum Gasteiger partial charge on any atom is 0.332 e. The number of rotatable bonds is 4. The first-order valence-corrected chi connectivity index (χ1v) is 7.55. The highest BCUT2D eigenvalue weighted by molar-refractivity contribution is 5.83. The van der Waals surface area contributed by atoms with E-state index in [0.717, 1.165) is 11.0 Å². The number of nitrogens with zero attached hydrogens (tertiary/aromatic N) is 4. The molecule has 8 nitrogen and oxygen atoms in total. The summed E-state index contributed by atoms with van der Waals surface area (Å²) in [4.78, 5) is 41.0. The van der Waals surface area contributed by atoms with E-state index in [0.29, 0.717) is 0 Å². The van der Waals surface area contributed by atoms with Gasteiger partial charge in [-0.05, 0) is 27.2 Å². The van der Waals surface area contributed by atoms with Gasteiger partial charge < -0.3 is 9.88 Å². The Morgan fingerprint density at radius 3 is 2.48 bits per heavy atom. The SMILES string of the molecule is CCC(C)(C)NC(=O)C(C)n1cnc2c1c(=O)n(C)c(=O)n2C. The predicted octanol–water partition coefficient (Wildman–Crippen LogP) is 0.300. The highest BCUT2D eigenvalue weighted by atomic mass is 16.2. The Labute approximate surface area is 133 Å². The standard InChI is InChI=1S/C15H23N5O3/c1-7-15(3,4)17-12(21)9(2)20-8-16-11-10(20)13(22)19(6)14(23)18(11)5/h8-9H,7H2,1-6H3,(H,17,21). The van der Waals surface area contributed by atoms with Gasteiger partial charge in [-0.1, -0.05) is 6.92 Å². The molecule has 1 amide bonds. The van der Waals surface area contributed by atoms with Crippen LogP contribution in [0.3, 0.4) is 0 Å². The number of aryl methyl sites for hydroxylation is 1. The third kappa shape index (κ3) is 2.80. The van der Waals surface area contributed by atoms with Gasteiger partial charge in [0.1, 0.15) is 6.04 Å². The van der Waals surface area contributed by atoms with Gasteiger partial charge in [0.25, 0.3) is 5.56 Å². The smallest absolute Gasteiger partial charge is 0.332 e. The van der Waals surface area contributed by atoms with Crippen molar-refractivity contribution in [3.8, 4) is 0 Å². The van der Waals surface area contributed by atoms with E-state index in [2.05, 4.69) is 10.3 Å². The Hall–Kier alpha value is -2.38. The second-order valence-electron chi connectivity index (χ2n) is 6.43. The minimum Gasteiger partial charge on any atom is -0.349 e. The van der Waals surface area contributed by atoms with Gasteiger partial charge in [-0.3, -0.25) is 18.7 Å². The van der Waals surface area contributed by atoms with Crippen LogP contribution in [-0.4, -0.2) is 30.1 Å². The van der Waals surface area contributed by atoms with Crippen molar-refractivity contribution in [3.63, 3.8) is 0 Å². The lowest BCUT2D eigenvalue weighted by atomic mass is 10.0. The molecule has 1 atom stereocenters. The zero-order valence-corrected chi connectivity index (χ0v) is 14.4. The number of fused-ring (bicyclic) bond motifs is 1. The van der Waals surface area contributed by atoms with Crippen molar-refractivity contribution in [1.29, 1.82) is 0 Å². The minimum atomic E-state index is -0.615. The topological polar surface area (TPSA) is 90.9 Å². The molecule has 0 aliphatic rings. The predicted molar refractivity (Wildman–Crippen MR) is 87.4 cm³/mol. The van der Waals surface area contributed by atoms with E-state index >= 15 is 0 Å². The van der Waals surface area contributed by atoms with Crippen LogP contribution < -0.4 is 16.6 Å². The van der Waals surface area contributed by atoms with E-state index in [1.165, 1.54) is 22.5 Å². The molecule has 2 aromatic heterocycles. The number of nitrogens with one attached hydrogen (secondary N) is 1. The maximum atomic E-state index is 12.5. The largest absolute Gasteiger partial charge is 0.349 e. The lowest BCUT2D eigenvalue weighted by Crippen LogP contribution is -2.46. The molecule has 2 aromatic rings. The molecule has 0 spiro atoms. The van der Waals surface area contributed by atoms with Crippen LogP contribution in [0.5, 0.6) is 0 Å². The summed E-state index contributed by atoms with van der Waals surface area (Å²) in [5.41, 5.74) is -0.731. The van der Waals surface area contributed by atoms with Crippen molar-refractivity contribution in [3.05, 3.63) is 27.2 Å². The summed E-state index contributed by atoms with van der Waals surface area (Å²) >= 11 is 0. The van der Waals surface area contributed by atoms with E-state index in [1.807, 2.05) is 20.8 Å². The van der Waals surface area contributed by atoms with Crippen molar-refractivity contribution in [2.45, 2.75) is 45.7 Å². The fourth-order valence-electron chi connectivity index (χ4n) is 2.31. The number of carbonyl (C=O) groups is 1. The van der Waals surface area contributed by atoms with Gasteiger partial charge in [-0.15, -0.1) is 0 Å². The Morgan fingerprint density at radius 1 is 1.30 bits per heavy atom. The van der Waals surface area contributed by atoms with E-state index in [-0.39, 0.29) is 22.6 Å². The number of hydrogen-bond acceptors (Lipinski definition) is 4. The molecule has 0 bridgehead atoms. The number of amides is 1. The molecule has 0 radical (unpaired) electrons. The molecule has 126 valence electrons. The number of aromatic nitrogens is 4. The summed E-state index contributed by atoms with van der Waals surface area (Å²) in [6.45, 7) is 7.56. The Balaban J connectivity index is 2.55. The molecular weight excluding hydrogens is 298 g/mol. The van der Waals surface area contributed by atoms with Crippen LogP contribution in [0, 0.1) is 0 Å². The average Bonchev–Trinajstić information content (AvgIpc) is 2.94. The van der Waals surface area contributed by atoms with Crippen LogP contribution in [0.2, 0.25) is 0 Å². The van der Waals surface area contributed by atoms with Gasteiger partial charge in [0.15, 0.2) is 11.2 Å². The van der Waals surface area contributed by atoms with Crippen molar-refractivity contribution in [2.75, 3.05) is 0 Å². The van der Waals surface area contributed by atoms with Gasteiger partial charge in [0, 0.05) is 19.6 Å². The van der Waals surface area contributed by atoms with E-state index in [4.69, 9.17) is 0 Å². The summed E-state index contributed by atoms with van der Waals surface area (Å²) in [6.07, 6.45) is 2.21. The third-order valence-corrected chi connectivity index (χ3v) is 4.32. The lowest BCUT2D eigenvalue weighted by Gasteiger charge is -2.27. The van der Waals surface area contributed by atoms with Crippen LogP contribution >= 0.6 is 0 Å². The highest BCUT2D eigenvalue weighted by Crippen LogP contribution is 2.15. The normalized spacial score (nSPS) is 13.3. The summed E-state index contributed by atoms with van der Waals surface area (Å²) in [6, 6.07) is -0.615. The minimum absolute atomic E-state index is 0.202. The fourth-order valence-corrected chi connectivity index (χ4v) is 2.31. The molecular formula is C15H23N5O3. The number of imidazole rings is 1. The first-order valence-electron chi connectivity index (χ1n) is 7.55. The molecule has 0 saturated carbocycles. The Morgan fingerprint density at radius 2 is 1.91 bits per heavy atom. The van der Waals surface area contributed by atoms with Crippen LogP contribution in [0.4, 0.5) is 0 Å². The molecule has 0 aliphatic carbocycles. The fraction of sp³-hybridized carbons (Fsp3) is 0.600. The van der Waals surface area contributed by atoms with E-state index in [1.54, 1.807) is 14.0 Å². The first kappa shape index (κ1) is 17.0. The van der Waals surface area contributed by atoms with Crippen molar-refractivity contribution in [2.24, 2.45) is 14.1 Å². The van der Waals surface area contributed by atoms with E-state index in [9.17, 15) is 14.4 Å². The summed E-state index contributed by atoms with van der Waals surface area (Å²) in [7, 11) is 2.96. The maximum absolute atomic E-state index is 12.5. The molecule has 2 heterocycles. The average molecular weight is 321 g/mol. The van der Waals surface area contributed by atoms with Gasteiger partial charge in [-0.25, -0.2) is 9.78 Å². The molecule has 1 unspecified atom stereocenters. The van der Waals surface area contributed by atoms with Crippen molar-refractivity contribution < 1.29 is 4.79 Å². The quantitative estimate of drug-likeness (QED) is 0.877. The Kier molecular flexibility index (Phi) is 4.19. The van der Waals surface area contributed by atoms with Gasteiger partial charge in [0.05, 0.1) is 6.33 Å².